The van der Waals surface area contributed by atoms with Crippen molar-refractivity contribution >= 4 is 33.6 Å². The molecule has 0 radical (unpaired) electrons. The summed E-state index contributed by atoms with van der Waals surface area (Å²) in [5, 5.41) is 15.7. The van der Waals surface area contributed by atoms with Crippen molar-refractivity contribution in [1.29, 1.82) is 5.26 Å². The zero-order valence-electron chi connectivity index (χ0n) is 14.3. The van der Waals surface area contributed by atoms with Crippen LogP contribution < -0.4 is 11.0 Å². The monoisotopic (exact) mass is 389 g/mol. The SMILES string of the molecule is N#Cc1c(-c2ccccc2)nc(NN=Cc2cc(F)c3ccsc3c2)[nH]c1=O. The zero-order valence-corrected chi connectivity index (χ0v) is 15.1. The smallest absolute Gasteiger partial charge is 0.270 e. The highest BCUT2D eigenvalue weighted by Crippen LogP contribution is 2.24. The minimum absolute atomic E-state index is 0.0778. The number of thiophene rings is 1. The molecule has 4 aromatic rings. The Balaban J connectivity index is 1.64. The highest BCUT2D eigenvalue weighted by Gasteiger charge is 2.12. The molecule has 2 aromatic carbocycles. The Labute approximate surface area is 162 Å². The summed E-state index contributed by atoms with van der Waals surface area (Å²) in [5.74, 6) is -0.242. The Morgan fingerprint density at radius 2 is 2.07 bits per heavy atom. The molecule has 0 aliphatic rings. The number of hydrazone groups is 1. The normalized spacial score (nSPS) is 11.0. The first-order valence-electron chi connectivity index (χ1n) is 8.21. The van der Waals surface area contributed by atoms with Crippen molar-refractivity contribution in [2.24, 2.45) is 5.10 Å². The number of aromatic nitrogens is 2. The molecule has 0 aliphatic carbocycles. The van der Waals surface area contributed by atoms with E-state index >= 15 is 0 Å². The Morgan fingerprint density at radius 1 is 1.25 bits per heavy atom. The van der Waals surface area contributed by atoms with Gasteiger partial charge in [0.1, 0.15) is 17.4 Å². The van der Waals surface area contributed by atoms with E-state index in [0.29, 0.717) is 16.5 Å². The molecule has 0 aliphatic heterocycles. The fourth-order valence-corrected chi connectivity index (χ4v) is 3.57. The predicted molar refractivity (Wildman–Crippen MR) is 108 cm³/mol. The number of hydrogen-bond acceptors (Lipinski definition) is 6. The fraction of sp³-hybridized carbons (Fsp3) is 0. The molecule has 0 saturated carbocycles. The molecule has 136 valence electrons. The van der Waals surface area contributed by atoms with E-state index in [0.717, 1.165) is 4.70 Å². The number of rotatable bonds is 4. The van der Waals surface area contributed by atoms with E-state index in [9.17, 15) is 14.4 Å². The van der Waals surface area contributed by atoms with Crippen LogP contribution in [0.2, 0.25) is 0 Å². The number of nitrogens with zero attached hydrogens (tertiary/aromatic N) is 3. The van der Waals surface area contributed by atoms with Crippen LogP contribution in [0.25, 0.3) is 21.3 Å². The van der Waals surface area contributed by atoms with E-state index in [1.54, 1.807) is 30.3 Å². The number of nitrogens with one attached hydrogen (secondary N) is 2. The number of H-pyrrole nitrogens is 1. The van der Waals surface area contributed by atoms with Crippen LogP contribution in [-0.2, 0) is 0 Å². The highest BCUT2D eigenvalue weighted by atomic mass is 32.1. The Morgan fingerprint density at radius 3 is 2.86 bits per heavy atom. The number of anilines is 1. The number of fused-ring (bicyclic) bond motifs is 1. The number of hydrogen-bond donors (Lipinski definition) is 2. The van der Waals surface area contributed by atoms with Crippen LogP contribution in [-0.4, -0.2) is 16.2 Å². The summed E-state index contributed by atoms with van der Waals surface area (Å²) in [6.07, 6.45) is 1.43. The van der Waals surface area contributed by atoms with Gasteiger partial charge in [-0.15, -0.1) is 11.3 Å². The van der Waals surface area contributed by atoms with Crippen LogP contribution in [0.5, 0.6) is 0 Å². The van der Waals surface area contributed by atoms with Gasteiger partial charge in [0.05, 0.1) is 11.9 Å². The van der Waals surface area contributed by atoms with Gasteiger partial charge in [-0.2, -0.15) is 10.4 Å². The quantitative estimate of drug-likeness (QED) is 0.406. The van der Waals surface area contributed by atoms with Gasteiger partial charge in [0.15, 0.2) is 0 Å². The van der Waals surface area contributed by atoms with Crippen molar-refractivity contribution in [3.63, 3.8) is 0 Å². The van der Waals surface area contributed by atoms with Gasteiger partial charge in [-0.1, -0.05) is 30.3 Å². The largest absolute Gasteiger partial charge is 0.290 e. The lowest BCUT2D eigenvalue weighted by Gasteiger charge is -2.06. The van der Waals surface area contributed by atoms with Gasteiger partial charge >= 0.3 is 0 Å². The van der Waals surface area contributed by atoms with E-state index in [1.807, 2.05) is 23.6 Å². The summed E-state index contributed by atoms with van der Waals surface area (Å²) in [4.78, 5) is 19.0. The molecule has 0 fully saturated rings. The minimum atomic E-state index is -0.569. The molecule has 2 aromatic heterocycles. The second-order valence-corrected chi connectivity index (χ2v) is 6.77. The number of halogens is 1. The molecule has 0 unspecified atom stereocenters. The molecule has 8 heteroatoms. The van der Waals surface area contributed by atoms with Crippen LogP contribution in [0, 0.1) is 17.1 Å². The third-order valence-corrected chi connectivity index (χ3v) is 4.87. The van der Waals surface area contributed by atoms with E-state index in [2.05, 4.69) is 20.5 Å². The van der Waals surface area contributed by atoms with E-state index in [-0.39, 0.29) is 23.0 Å². The fourth-order valence-electron chi connectivity index (χ4n) is 2.72. The van der Waals surface area contributed by atoms with Crippen molar-refractivity contribution in [2.45, 2.75) is 0 Å². The average molecular weight is 389 g/mol. The maximum Gasteiger partial charge on any atom is 0.270 e. The van der Waals surface area contributed by atoms with E-state index in [4.69, 9.17) is 0 Å². The predicted octanol–water partition coefficient (Wildman–Crippen LogP) is 4.11. The number of aromatic amines is 1. The maximum atomic E-state index is 14.0. The molecule has 2 heterocycles. The van der Waals surface area contributed by atoms with Gasteiger partial charge < -0.3 is 0 Å². The van der Waals surface area contributed by atoms with Gasteiger partial charge in [-0.25, -0.2) is 14.8 Å². The van der Waals surface area contributed by atoms with Gasteiger partial charge in [-0.3, -0.25) is 9.78 Å². The Bertz CT molecular complexity index is 1290. The summed E-state index contributed by atoms with van der Waals surface area (Å²) in [6, 6.07) is 15.7. The molecular formula is C20H12FN5OS. The maximum absolute atomic E-state index is 14.0. The van der Waals surface area contributed by atoms with Crippen molar-refractivity contribution < 1.29 is 4.39 Å². The molecule has 2 N–H and O–H groups in total. The van der Waals surface area contributed by atoms with Crippen LogP contribution in [0.15, 0.2) is 63.8 Å². The van der Waals surface area contributed by atoms with Crippen molar-refractivity contribution in [1.82, 2.24) is 9.97 Å². The molecule has 0 atom stereocenters. The summed E-state index contributed by atoms with van der Waals surface area (Å²) in [5.41, 5.74) is 3.45. The lowest BCUT2D eigenvalue weighted by Crippen LogP contribution is -2.16. The summed E-state index contributed by atoms with van der Waals surface area (Å²) in [7, 11) is 0. The van der Waals surface area contributed by atoms with Crippen molar-refractivity contribution in [3.05, 3.63) is 81.2 Å². The van der Waals surface area contributed by atoms with E-state index in [1.165, 1.54) is 23.6 Å². The van der Waals surface area contributed by atoms with Gasteiger partial charge in [0.25, 0.3) is 5.56 Å². The molecular weight excluding hydrogens is 377 g/mol. The summed E-state index contributed by atoms with van der Waals surface area (Å²) >= 11 is 1.44. The first-order chi connectivity index (χ1) is 13.7. The Kier molecular flexibility index (Phi) is 4.66. The van der Waals surface area contributed by atoms with E-state index < -0.39 is 5.56 Å². The Hall–Kier alpha value is -3.83. The third kappa shape index (κ3) is 3.39. The van der Waals surface area contributed by atoms with Crippen LogP contribution in [0.3, 0.4) is 0 Å². The molecule has 28 heavy (non-hydrogen) atoms. The lowest BCUT2D eigenvalue weighted by molar-refractivity contribution is 0.640. The third-order valence-electron chi connectivity index (χ3n) is 4.01. The van der Waals surface area contributed by atoms with Crippen molar-refractivity contribution in [3.8, 4) is 17.3 Å². The summed E-state index contributed by atoms with van der Waals surface area (Å²) < 4.78 is 14.9. The molecule has 6 nitrogen and oxygen atoms in total. The second kappa shape index (κ2) is 7.42. The van der Waals surface area contributed by atoms with Crippen molar-refractivity contribution in [2.75, 3.05) is 5.43 Å². The van der Waals surface area contributed by atoms with Crippen LogP contribution in [0.4, 0.5) is 10.3 Å². The molecule has 0 saturated heterocycles. The number of nitriles is 1. The molecule has 0 bridgehead atoms. The number of benzene rings is 2. The van der Waals surface area contributed by atoms with Crippen LogP contribution in [0.1, 0.15) is 11.1 Å². The highest BCUT2D eigenvalue weighted by molar-refractivity contribution is 7.17. The zero-order chi connectivity index (χ0) is 19.5. The molecule has 4 rings (SSSR count). The topological polar surface area (TPSA) is 93.9 Å². The van der Waals surface area contributed by atoms with Crippen LogP contribution >= 0.6 is 11.3 Å². The standard InChI is InChI=1S/C20H12FN5OS/c21-16-8-12(9-17-14(16)6-7-28-17)11-23-26-20-24-18(13-4-2-1-3-5-13)15(10-22)19(27)25-20/h1-9,11H,(H2,24,25,26,27). The van der Waals surface area contributed by atoms with Gasteiger partial charge in [-0.05, 0) is 29.1 Å². The van der Waals surface area contributed by atoms with Gasteiger partial charge in [0.2, 0.25) is 5.95 Å². The average Bonchev–Trinajstić information content (AvgIpc) is 3.17. The first kappa shape index (κ1) is 17.6. The lowest BCUT2D eigenvalue weighted by atomic mass is 10.1. The molecule has 0 spiro atoms. The molecule has 0 amide bonds. The van der Waals surface area contributed by atoms with Gasteiger partial charge in [0, 0.05) is 15.6 Å². The first-order valence-corrected chi connectivity index (χ1v) is 9.09. The summed E-state index contributed by atoms with van der Waals surface area (Å²) in [6.45, 7) is 0. The second-order valence-electron chi connectivity index (χ2n) is 5.82. The minimum Gasteiger partial charge on any atom is -0.290 e.